The third-order valence-electron chi connectivity index (χ3n) is 4.51. The second-order valence-corrected chi connectivity index (χ2v) is 6.49. The fourth-order valence-electron chi connectivity index (χ4n) is 3.69. The molecule has 0 aliphatic carbocycles. The van der Waals surface area contributed by atoms with Crippen molar-refractivity contribution in [3.05, 3.63) is 24.3 Å². The van der Waals surface area contributed by atoms with Crippen LogP contribution in [0, 0.1) is 5.92 Å². The molecule has 5 nitrogen and oxygen atoms in total. The minimum atomic E-state index is -0.117. The van der Waals surface area contributed by atoms with E-state index in [1.807, 2.05) is 18.2 Å². The van der Waals surface area contributed by atoms with Crippen molar-refractivity contribution in [1.82, 2.24) is 5.32 Å². The van der Waals surface area contributed by atoms with Crippen molar-refractivity contribution in [3.8, 4) is 0 Å². The Morgan fingerprint density at radius 1 is 1.13 bits per heavy atom. The van der Waals surface area contributed by atoms with Gasteiger partial charge in [0.15, 0.2) is 0 Å². The second-order valence-electron chi connectivity index (χ2n) is 6.49. The van der Waals surface area contributed by atoms with Crippen LogP contribution < -0.4 is 16.0 Å². The van der Waals surface area contributed by atoms with E-state index in [-0.39, 0.29) is 24.2 Å². The van der Waals surface area contributed by atoms with Gasteiger partial charge in [-0.05, 0) is 49.8 Å². The summed E-state index contributed by atoms with van der Waals surface area (Å²) in [6.07, 6.45) is 5.30. The van der Waals surface area contributed by atoms with E-state index in [1.165, 1.54) is 19.8 Å². The molecule has 2 amide bonds. The molecule has 0 aromatic heterocycles. The Labute approximate surface area is 143 Å². The number of carbonyl (C=O) groups excluding carboxylic acids is 2. The Balaban J connectivity index is 0.00000192. The number of hydrogen-bond acceptors (Lipinski definition) is 3. The molecule has 6 heteroatoms. The van der Waals surface area contributed by atoms with Crippen molar-refractivity contribution >= 4 is 35.6 Å². The summed E-state index contributed by atoms with van der Waals surface area (Å²) in [7, 11) is 0. The Hall–Kier alpha value is -1.59. The lowest BCUT2D eigenvalue weighted by molar-refractivity contribution is -0.117. The molecule has 2 unspecified atom stereocenters. The van der Waals surface area contributed by atoms with Gasteiger partial charge in [-0.15, -0.1) is 12.4 Å². The summed E-state index contributed by atoms with van der Waals surface area (Å²) in [4.78, 5) is 23.3. The zero-order valence-corrected chi connectivity index (χ0v) is 14.1. The van der Waals surface area contributed by atoms with Gasteiger partial charge in [0.2, 0.25) is 11.8 Å². The first kappa shape index (κ1) is 17.8. The molecule has 2 aliphatic heterocycles. The smallest absolute Gasteiger partial charge is 0.224 e. The maximum atomic E-state index is 12.2. The quantitative estimate of drug-likeness (QED) is 0.791. The molecular formula is C17H24ClN3O2. The summed E-state index contributed by atoms with van der Waals surface area (Å²) in [5.41, 5.74) is 1.43. The van der Waals surface area contributed by atoms with Crippen LogP contribution in [0.5, 0.6) is 0 Å². The number of benzene rings is 1. The van der Waals surface area contributed by atoms with Crippen molar-refractivity contribution in [3.63, 3.8) is 0 Å². The number of amides is 2. The molecule has 0 saturated carbocycles. The summed E-state index contributed by atoms with van der Waals surface area (Å²) >= 11 is 0. The van der Waals surface area contributed by atoms with Gasteiger partial charge in [0.1, 0.15) is 0 Å². The molecule has 2 heterocycles. The first-order valence-electron chi connectivity index (χ1n) is 8.02. The number of anilines is 2. The van der Waals surface area contributed by atoms with Crippen LogP contribution in [0.1, 0.15) is 39.0 Å². The number of halogens is 1. The molecule has 2 aliphatic rings. The lowest BCUT2D eigenvalue weighted by Gasteiger charge is -2.28. The van der Waals surface area contributed by atoms with E-state index >= 15 is 0 Å². The molecule has 0 spiro atoms. The predicted molar refractivity (Wildman–Crippen MR) is 93.9 cm³/mol. The zero-order valence-electron chi connectivity index (χ0n) is 13.3. The maximum Gasteiger partial charge on any atom is 0.224 e. The van der Waals surface area contributed by atoms with Gasteiger partial charge in [-0.1, -0.05) is 6.07 Å². The van der Waals surface area contributed by atoms with E-state index in [1.54, 1.807) is 6.07 Å². The summed E-state index contributed by atoms with van der Waals surface area (Å²) in [5, 5.41) is 9.26. The van der Waals surface area contributed by atoms with Crippen molar-refractivity contribution < 1.29 is 9.59 Å². The topological polar surface area (TPSA) is 70.2 Å². The first-order chi connectivity index (χ1) is 10.6. The highest BCUT2D eigenvalue weighted by Gasteiger charge is 2.34. The monoisotopic (exact) mass is 337 g/mol. The van der Waals surface area contributed by atoms with E-state index in [4.69, 9.17) is 0 Å². The molecule has 3 N–H and O–H groups in total. The molecule has 126 valence electrons. The second kappa shape index (κ2) is 7.79. The highest BCUT2D eigenvalue weighted by molar-refractivity contribution is 5.93. The summed E-state index contributed by atoms with van der Waals surface area (Å²) < 4.78 is 0. The SMILES string of the molecule is CC(=O)Nc1cccc(NC(=O)CC2CC3CCC(C2)N3)c1.Cl. The Kier molecular flexibility index (Phi) is 6.02. The van der Waals surface area contributed by atoms with E-state index in [2.05, 4.69) is 16.0 Å². The molecule has 2 atom stereocenters. The summed E-state index contributed by atoms with van der Waals surface area (Å²) in [5.74, 6) is 0.428. The minimum Gasteiger partial charge on any atom is -0.326 e. The molecule has 23 heavy (non-hydrogen) atoms. The normalized spacial score (nSPS) is 25.3. The minimum absolute atomic E-state index is 0. The Bertz CT molecular complexity index is 567. The number of rotatable bonds is 4. The Morgan fingerprint density at radius 2 is 1.74 bits per heavy atom. The number of piperidine rings is 1. The van der Waals surface area contributed by atoms with E-state index in [0.717, 1.165) is 18.5 Å². The number of fused-ring (bicyclic) bond motifs is 2. The van der Waals surface area contributed by atoms with Crippen LogP contribution in [-0.4, -0.2) is 23.9 Å². The van der Waals surface area contributed by atoms with Crippen LogP contribution in [0.2, 0.25) is 0 Å². The van der Waals surface area contributed by atoms with Gasteiger partial charge >= 0.3 is 0 Å². The lowest BCUT2D eigenvalue weighted by Crippen LogP contribution is -2.39. The van der Waals surface area contributed by atoms with Crippen molar-refractivity contribution in [2.45, 2.75) is 51.1 Å². The average Bonchev–Trinajstić information content (AvgIpc) is 2.77. The third-order valence-corrected chi connectivity index (χ3v) is 4.51. The molecule has 1 aromatic rings. The fraction of sp³-hybridized carbons (Fsp3) is 0.529. The van der Waals surface area contributed by atoms with Gasteiger partial charge in [0, 0.05) is 36.8 Å². The van der Waals surface area contributed by atoms with Gasteiger partial charge in [-0.2, -0.15) is 0 Å². The van der Waals surface area contributed by atoms with Crippen LogP contribution in [0.25, 0.3) is 0 Å². The van der Waals surface area contributed by atoms with Crippen molar-refractivity contribution in [2.75, 3.05) is 10.6 Å². The average molecular weight is 338 g/mol. The number of hydrogen-bond donors (Lipinski definition) is 3. The lowest BCUT2D eigenvalue weighted by atomic mass is 9.89. The van der Waals surface area contributed by atoms with Crippen molar-refractivity contribution in [2.24, 2.45) is 5.92 Å². The maximum absolute atomic E-state index is 12.2. The molecule has 2 bridgehead atoms. The largest absolute Gasteiger partial charge is 0.326 e. The molecule has 0 radical (unpaired) electrons. The highest BCUT2D eigenvalue weighted by atomic mass is 35.5. The molecule has 2 fully saturated rings. The van der Waals surface area contributed by atoms with E-state index in [9.17, 15) is 9.59 Å². The van der Waals surface area contributed by atoms with Gasteiger partial charge < -0.3 is 16.0 Å². The first-order valence-corrected chi connectivity index (χ1v) is 8.02. The third kappa shape index (κ3) is 4.94. The molecular weight excluding hydrogens is 314 g/mol. The zero-order chi connectivity index (χ0) is 15.5. The van der Waals surface area contributed by atoms with Gasteiger partial charge in [0.25, 0.3) is 0 Å². The van der Waals surface area contributed by atoms with Crippen molar-refractivity contribution in [1.29, 1.82) is 0 Å². The summed E-state index contributed by atoms with van der Waals surface area (Å²) in [6, 6.07) is 8.48. The number of nitrogens with one attached hydrogen (secondary N) is 3. The molecule has 1 aromatic carbocycles. The molecule has 3 rings (SSSR count). The standard InChI is InChI=1S/C17H23N3O2.ClH/c1-11(21)18-13-3-2-4-14(10-13)20-17(22)9-12-7-15-5-6-16(8-12)19-15;/h2-4,10,12,15-16,19H,5-9H2,1H3,(H,18,21)(H,20,22);1H. The van der Waals surface area contributed by atoms with Crippen LogP contribution in [0.4, 0.5) is 11.4 Å². The molecule has 2 saturated heterocycles. The van der Waals surface area contributed by atoms with Gasteiger partial charge in [-0.25, -0.2) is 0 Å². The van der Waals surface area contributed by atoms with Crippen LogP contribution >= 0.6 is 12.4 Å². The Morgan fingerprint density at radius 3 is 2.35 bits per heavy atom. The van der Waals surface area contributed by atoms with Crippen LogP contribution in [-0.2, 0) is 9.59 Å². The highest BCUT2D eigenvalue weighted by Crippen LogP contribution is 2.32. The predicted octanol–water partition coefficient (Wildman–Crippen LogP) is 2.93. The van der Waals surface area contributed by atoms with Crippen LogP contribution in [0.15, 0.2) is 24.3 Å². The van der Waals surface area contributed by atoms with E-state index < -0.39 is 0 Å². The summed E-state index contributed by atoms with van der Waals surface area (Å²) in [6.45, 7) is 1.47. The fourth-order valence-corrected chi connectivity index (χ4v) is 3.69. The number of carbonyl (C=O) groups is 2. The van der Waals surface area contributed by atoms with E-state index in [0.29, 0.717) is 30.1 Å². The van der Waals surface area contributed by atoms with Gasteiger partial charge in [-0.3, -0.25) is 9.59 Å². The van der Waals surface area contributed by atoms with Gasteiger partial charge in [0.05, 0.1) is 0 Å². The van der Waals surface area contributed by atoms with Crippen LogP contribution in [0.3, 0.4) is 0 Å².